The lowest BCUT2D eigenvalue weighted by atomic mass is 9.93. The second-order valence-corrected chi connectivity index (χ2v) is 6.51. The van der Waals surface area contributed by atoms with Gasteiger partial charge in [0.15, 0.2) is 0 Å². The number of carbonyl (C=O) groups is 2. The molecule has 1 heterocycles. The Labute approximate surface area is 126 Å². The Kier molecular flexibility index (Phi) is 6.01. The van der Waals surface area contributed by atoms with Crippen LogP contribution >= 0.6 is 0 Å². The number of hydrogen-bond donors (Lipinski definition) is 0. The zero-order valence-corrected chi connectivity index (χ0v) is 13.7. The predicted molar refractivity (Wildman–Crippen MR) is 78.0 cm³/mol. The van der Waals surface area contributed by atoms with Crippen molar-refractivity contribution < 1.29 is 23.8 Å². The van der Waals surface area contributed by atoms with E-state index >= 15 is 0 Å². The van der Waals surface area contributed by atoms with Gasteiger partial charge in [-0.3, -0.25) is 0 Å². The Hall–Kier alpha value is -1.30. The highest BCUT2D eigenvalue weighted by Crippen LogP contribution is 2.26. The van der Waals surface area contributed by atoms with E-state index in [1.807, 2.05) is 27.7 Å². The van der Waals surface area contributed by atoms with Crippen molar-refractivity contribution in [3.63, 3.8) is 0 Å². The molecule has 1 rings (SSSR count). The van der Waals surface area contributed by atoms with Gasteiger partial charge in [0.2, 0.25) is 0 Å². The van der Waals surface area contributed by atoms with E-state index < -0.39 is 11.2 Å². The monoisotopic (exact) mass is 301 g/mol. The number of piperidine rings is 1. The van der Waals surface area contributed by atoms with Crippen molar-refractivity contribution >= 4 is 12.1 Å². The molecule has 6 nitrogen and oxygen atoms in total. The summed E-state index contributed by atoms with van der Waals surface area (Å²) < 4.78 is 15.9. The van der Waals surface area contributed by atoms with E-state index in [4.69, 9.17) is 14.2 Å². The normalized spacial score (nSPS) is 18.2. The largest absolute Gasteiger partial charge is 0.464 e. The lowest BCUT2D eigenvalue weighted by molar-refractivity contribution is -0.157. The molecule has 0 N–H and O–H groups in total. The highest BCUT2D eigenvalue weighted by atomic mass is 16.6. The van der Waals surface area contributed by atoms with Gasteiger partial charge in [0, 0.05) is 13.1 Å². The van der Waals surface area contributed by atoms with Crippen LogP contribution in [0.2, 0.25) is 0 Å². The minimum Gasteiger partial charge on any atom is -0.464 e. The van der Waals surface area contributed by atoms with Crippen molar-refractivity contribution in [2.45, 2.75) is 58.7 Å². The Morgan fingerprint density at radius 1 is 1.19 bits per heavy atom. The van der Waals surface area contributed by atoms with E-state index in [2.05, 4.69) is 0 Å². The molecule has 0 atom stereocenters. The molecule has 0 aromatic heterocycles. The van der Waals surface area contributed by atoms with E-state index in [1.54, 1.807) is 11.8 Å². The summed E-state index contributed by atoms with van der Waals surface area (Å²) in [6.07, 6.45) is 1.05. The molecule has 0 saturated carbocycles. The number of hydrogen-bond acceptors (Lipinski definition) is 5. The van der Waals surface area contributed by atoms with Gasteiger partial charge in [-0.15, -0.1) is 0 Å². The molecule has 1 amide bonds. The maximum Gasteiger partial charge on any atom is 0.410 e. The van der Waals surface area contributed by atoms with Crippen LogP contribution in [0.25, 0.3) is 0 Å². The molecule has 1 fully saturated rings. The van der Waals surface area contributed by atoms with Crippen molar-refractivity contribution in [3.05, 3.63) is 0 Å². The second-order valence-electron chi connectivity index (χ2n) is 6.51. The fourth-order valence-electron chi connectivity index (χ4n) is 2.07. The molecule has 1 aliphatic rings. The van der Waals surface area contributed by atoms with Crippen LogP contribution in [-0.4, -0.2) is 54.5 Å². The summed E-state index contributed by atoms with van der Waals surface area (Å²) in [5.74, 6) is -0.353. The van der Waals surface area contributed by atoms with E-state index in [-0.39, 0.29) is 18.7 Å². The molecule has 0 bridgehead atoms. The molecule has 21 heavy (non-hydrogen) atoms. The number of ether oxygens (including phenoxy) is 3. The number of nitrogens with zero attached hydrogens (tertiary/aromatic N) is 1. The van der Waals surface area contributed by atoms with E-state index in [9.17, 15) is 9.59 Å². The van der Waals surface area contributed by atoms with Gasteiger partial charge in [-0.1, -0.05) is 0 Å². The number of likely N-dealkylation sites (tertiary alicyclic amines) is 1. The van der Waals surface area contributed by atoms with Crippen LogP contribution in [0.1, 0.15) is 47.5 Å². The maximum atomic E-state index is 12.0. The summed E-state index contributed by atoms with van der Waals surface area (Å²) in [4.78, 5) is 25.0. The average Bonchev–Trinajstić information content (AvgIpc) is 2.36. The van der Waals surface area contributed by atoms with Crippen LogP contribution in [0.4, 0.5) is 4.79 Å². The molecule has 1 saturated heterocycles. The lowest BCUT2D eigenvalue weighted by Gasteiger charge is -2.39. The first-order valence-corrected chi connectivity index (χ1v) is 7.43. The fraction of sp³-hybridized carbons (Fsp3) is 0.867. The third kappa shape index (κ3) is 6.33. The first kappa shape index (κ1) is 17.8. The lowest BCUT2D eigenvalue weighted by Crippen LogP contribution is -2.48. The van der Waals surface area contributed by atoms with Gasteiger partial charge in [-0.25, -0.2) is 9.59 Å². The fourth-order valence-corrected chi connectivity index (χ4v) is 2.07. The Morgan fingerprint density at radius 2 is 1.76 bits per heavy atom. The molecule has 0 unspecified atom stereocenters. The van der Waals surface area contributed by atoms with Crippen molar-refractivity contribution in [2.24, 2.45) is 0 Å². The Balaban J connectivity index is 2.40. The molecular weight excluding hydrogens is 274 g/mol. The van der Waals surface area contributed by atoms with Gasteiger partial charge >= 0.3 is 12.1 Å². The Morgan fingerprint density at radius 3 is 2.24 bits per heavy atom. The summed E-state index contributed by atoms with van der Waals surface area (Å²) in [6, 6.07) is 0. The molecule has 6 heteroatoms. The summed E-state index contributed by atoms with van der Waals surface area (Å²) in [5.41, 5.74) is -0.885. The van der Waals surface area contributed by atoms with Crippen LogP contribution in [-0.2, 0) is 19.0 Å². The standard InChI is InChI=1S/C15H27NO5/c1-6-19-12(17)11-20-15(5)7-9-16(10-8-15)13(18)21-14(2,3)4/h6-11H2,1-5H3. The summed E-state index contributed by atoms with van der Waals surface area (Å²) in [6.45, 7) is 10.7. The topological polar surface area (TPSA) is 65.1 Å². The molecular formula is C15H27NO5. The molecule has 0 aromatic carbocycles. The summed E-state index contributed by atoms with van der Waals surface area (Å²) in [5, 5.41) is 0. The minimum atomic E-state index is -0.488. The quantitative estimate of drug-likeness (QED) is 0.746. The third-order valence-electron chi connectivity index (χ3n) is 3.32. The maximum absolute atomic E-state index is 12.0. The number of carbonyl (C=O) groups excluding carboxylic acids is 2. The van der Waals surface area contributed by atoms with E-state index in [0.29, 0.717) is 32.5 Å². The van der Waals surface area contributed by atoms with Crippen molar-refractivity contribution in [2.75, 3.05) is 26.3 Å². The summed E-state index contributed by atoms with van der Waals surface area (Å²) in [7, 11) is 0. The molecule has 0 aromatic rings. The van der Waals surface area contributed by atoms with Crippen LogP contribution in [0.3, 0.4) is 0 Å². The zero-order valence-electron chi connectivity index (χ0n) is 13.7. The first-order chi connectivity index (χ1) is 9.65. The van der Waals surface area contributed by atoms with Crippen molar-refractivity contribution in [1.29, 1.82) is 0 Å². The van der Waals surface area contributed by atoms with Crippen LogP contribution in [0.15, 0.2) is 0 Å². The molecule has 0 radical (unpaired) electrons. The average molecular weight is 301 g/mol. The second kappa shape index (κ2) is 7.11. The van der Waals surface area contributed by atoms with Crippen LogP contribution < -0.4 is 0 Å². The highest BCUT2D eigenvalue weighted by molar-refractivity contribution is 5.70. The third-order valence-corrected chi connectivity index (χ3v) is 3.32. The van der Waals surface area contributed by atoms with Gasteiger partial charge in [0.1, 0.15) is 12.2 Å². The van der Waals surface area contributed by atoms with Crippen LogP contribution in [0, 0.1) is 0 Å². The van der Waals surface area contributed by atoms with Gasteiger partial charge in [0.05, 0.1) is 12.2 Å². The SMILES string of the molecule is CCOC(=O)COC1(C)CCN(C(=O)OC(C)(C)C)CC1. The van der Waals surface area contributed by atoms with E-state index in [0.717, 1.165) is 0 Å². The van der Waals surface area contributed by atoms with Gasteiger partial charge in [-0.2, -0.15) is 0 Å². The van der Waals surface area contributed by atoms with Crippen molar-refractivity contribution in [1.82, 2.24) is 4.90 Å². The number of rotatable bonds is 4. The molecule has 0 spiro atoms. The van der Waals surface area contributed by atoms with Gasteiger partial charge < -0.3 is 19.1 Å². The molecule has 122 valence electrons. The van der Waals surface area contributed by atoms with E-state index in [1.165, 1.54) is 0 Å². The smallest absolute Gasteiger partial charge is 0.410 e. The molecule has 1 aliphatic heterocycles. The minimum absolute atomic E-state index is 0.0449. The summed E-state index contributed by atoms with van der Waals surface area (Å²) >= 11 is 0. The number of amides is 1. The molecule has 0 aliphatic carbocycles. The zero-order chi connectivity index (χ0) is 16.1. The van der Waals surface area contributed by atoms with Gasteiger partial charge in [-0.05, 0) is 47.5 Å². The predicted octanol–water partition coefficient (Wildman–Crippen LogP) is 2.36. The first-order valence-electron chi connectivity index (χ1n) is 7.43. The van der Waals surface area contributed by atoms with Gasteiger partial charge in [0.25, 0.3) is 0 Å². The van der Waals surface area contributed by atoms with Crippen molar-refractivity contribution in [3.8, 4) is 0 Å². The highest BCUT2D eigenvalue weighted by Gasteiger charge is 2.34. The van der Waals surface area contributed by atoms with Crippen LogP contribution in [0.5, 0.6) is 0 Å². The number of esters is 1. The Bertz CT molecular complexity index is 367.